The highest BCUT2D eigenvalue weighted by atomic mass is 32.2. The lowest BCUT2D eigenvalue weighted by atomic mass is 10.1. The molecule has 0 bridgehead atoms. The molecule has 0 spiro atoms. The Bertz CT molecular complexity index is 614. The maximum Gasteiger partial charge on any atom is 0.417 e. The monoisotopic (exact) mass is 312 g/mol. The summed E-state index contributed by atoms with van der Waals surface area (Å²) in [5.74, 6) is 1.87. The number of carbonyl (C=O) groups is 1. The molecule has 3 nitrogen and oxygen atoms in total. The number of terminal acetylenes is 1. The van der Waals surface area contributed by atoms with Gasteiger partial charge < -0.3 is 5.32 Å². The fourth-order valence-corrected chi connectivity index (χ4v) is 2.40. The second kappa shape index (κ2) is 7.05. The first-order valence-corrected chi connectivity index (χ1v) is 6.66. The third-order valence-electron chi connectivity index (χ3n) is 2.46. The SMILES string of the molecule is C#CCNC(=O)[C@H](C)Sc1ccc(C#N)c(C(F)(F)F)c1. The second-order valence-electron chi connectivity index (χ2n) is 4.00. The molecule has 0 aliphatic carbocycles. The average Bonchev–Trinajstić information content (AvgIpc) is 2.43. The van der Waals surface area contributed by atoms with E-state index in [4.69, 9.17) is 11.7 Å². The van der Waals surface area contributed by atoms with Crippen molar-refractivity contribution < 1.29 is 18.0 Å². The minimum atomic E-state index is -4.61. The number of nitrogens with one attached hydrogen (secondary N) is 1. The normalized spacial score (nSPS) is 12.1. The Balaban J connectivity index is 2.94. The third-order valence-corrected chi connectivity index (χ3v) is 3.56. The van der Waals surface area contributed by atoms with Gasteiger partial charge in [0.15, 0.2) is 0 Å². The molecule has 0 saturated heterocycles. The molecule has 0 saturated carbocycles. The highest BCUT2D eigenvalue weighted by Crippen LogP contribution is 2.35. The number of hydrogen-bond acceptors (Lipinski definition) is 3. The van der Waals surface area contributed by atoms with Gasteiger partial charge in [-0.15, -0.1) is 18.2 Å². The van der Waals surface area contributed by atoms with Crippen LogP contribution in [-0.2, 0) is 11.0 Å². The van der Waals surface area contributed by atoms with E-state index < -0.39 is 22.6 Å². The standard InChI is InChI=1S/C14H11F3N2OS/c1-3-6-19-13(20)9(2)21-11-5-4-10(8-18)12(7-11)14(15,16)17/h1,4-5,7,9H,6H2,2H3,(H,19,20)/t9-/m0/s1. The van der Waals surface area contributed by atoms with Crippen molar-refractivity contribution in [2.75, 3.05) is 6.54 Å². The Morgan fingerprint density at radius 1 is 1.52 bits per heavy atom. The van der Waals surface area contributed by atoms with Crippen LogP contribution >= 0.6 is 11.8 Å². The largest absolute Gasteiger partial charge is 0.417 e. The maximum atomic E-state index is 12.8. The molecule has 0 radical (unpaired) electrons. The van der Waals surface area contributed by atoms with Crippen molar-refractivity contribution in [3.05, 3.63) is 29.3 Å². The third kappa shape index (κ3) is 4.73. The number of amides is 1. The predicted octanol–water partition coefficient (Wildman–Crippen LogP) is 2.81. The van der Waals surface area contributed by atoms with Crippen LogP contribution < -0.4 is 5.32 Å². The summed E-state index contributed by atoms with van der Waals surface area (Å²) in [7, 11) is 0. The Labute approximate surface area is 124 Å². The summed E-state index contributed by atoms with van der Waals surface area (Å²) in [5.41, 5.74) is -1.46. The van der Waals surface area contributed by atoms with Crippen LogP contribution in [0.1, 0.15) is 18.1 Å². The van der Waals surface area contributed by atoms with Crippen LogP contribution in [0.15, 0.2) is 23.1 Å². The van der Waals surface area contributed by atoms with Gasteiger partial charge in [0.1, 0.15) is 0 Å². The predicted molar refractivity (Wildman–Crippen MR) is 73.3 cm³/mol. The van der Waals surface area contributed by atoms with Gasteiger partial charge in [0.25, 0.3) is 0 Å². The van der Waals surface area contributed by atoms with E-state index in [1.165, 1.54) is 12.1 Å². The zero-order valence-corrected chi connectivity index (χ0v) is 11.8. The molecular formula is C14H11F3N2OS. The highest BCUT2D eigenvalue weighted by molar-refractivity contribution is 8.00. The quantitative estimate of drug-likeness (QED) is 0.687. The molecule has 1 aromatic rings. The molecule has 0 aliphatic rings. The van der Waals surface area contributed by atoms with E-state index in [1.54, 1.807) is 6.92 Å². The molecule has 0 aliphatic heterocycles. The zero-order chi connectivity index (χ0) is 16.0. The van der Waals surface area contributed by atoms with Crippen LogP contribution in [0.3, 0.4) is 0 Å². The number of carbonyl (C=O) groups excluding carboxylic acids is 1. The lowest BCUT2D eigenvalue weighted by molar-refractivity contribution is -0.137. The van der Waals surface area contributed by atoms with Crippen LogP contribution in [0.2, 0.25) is 0 Å². The molecule has 1 aromatic carbocycles. The van der Waals surface area contributed by atoms with Gasteiger partial charge in [-0.1, -0.05) is 5.92 Å². The Kier molecular flexibility index (Phi) is 5.69. The smallest absolute Gasteiger partial charge is 0.344 e. The lowest BCUT2D eigenvalue weighted by Gasteiger charge is -2.13. The fraction of sp³-hybridized carbons (Fsp3) is 0.286. The second-order valence-corrected chi connectivity index (χ2v) is 5.41. The van der Waals surface area contributed by atoms with E-state index >= 15 is 0 Å². The molecule has 1 N–H and O–H groups in total. The molecular weight excluding hydrogens is 301 g/mol. The molecule has 0 unspecified atom stereocenters. The maximum absolute atomic E-state index is 12.8. The van der Waals surface area contributed by atoms with Crippen LogP contribution in [0.4, 0.5) is 13.2 Å². The van der Waals surface area contributed by atoms with E-state index in [1.807, 2.05) is 0 Å². The summed E-state index contributed by atoms with van der Waals surface area (Å²) >= 11 is 0.962. The number of nitrogens with zero attached hydrogens (tertiary/aromatic N) is 1. The molecule has 110 valence electrons. The molecule has 0 fully saturated rings. The van der Waals surface area contributed by atoms with Crippen LogP contribution in [0.25, 0.3) is 0 Å². The van der Waals surface area contributed by atoms with Crippen molar-refractivity contribution in [1.29, 1.82) is 5.26 Å². The summed E-state index contributed by atoms with van der Waals surface area (Å²) < 4.78 is 38.4. The van der Waals surface area contributed by atoms with Gasteiger partial charge in [0.05, 0.1) is 29.0 Å². The number of halogens is 3. The van der Waals surface area contributed by atoms with Crippen molar-refractivity contribution in [1.82, 2.24) is 5.32 Å². The van der Waals surface area contributed by atoms with Gasteiger partial charge in [-0.3, -0.25) is 4.79 Å². The summed E-state index contributed by atoms with van der Waals surface area (Å²) in [6.45, 7) is 1.62. The van der Waals surface area contributed by atoms with Gasteiger partial charge in [0, 0.05) is 4.90 Å². The fourth-order valence-electron chi connectivity index (χ4n) is 1.47. The highest BCUT2D eigenvalue weighted by Gasteiger charge is 2.34. The molecule has 0 heterocycles. The van der Waals surface area contributed by atoms with E-state index in [2.05, 4.69) is 11.2 Å². The number of hydrogen-bond donors (Lipinski definition) is 1. The van der Waals surface area contributed by atoms with Crippen LogP contribution in [0, 0.1) is 23.7 Å². The molecule has 7 heteroatoms. The molecule has 1 rings (SSSR count). The van der Waals surface area contributed by atoms with Crippen molar-refractivity contribution in [2.45, 2.75) is 23.2 Å². The van der Waals surface area contributed by atoms with Gasteiger partial charge in [-0.25, -0.2) is 0 Å². The molecule has 0 aromatic heterocycles. The van der Waals surface area contributed by atoms with Gasteiger partial charge in [0.2, 0.25) is 5.91 Å². The summed E-state index contributed by atoms with van der Waals surface area (Å²) in [6, 6.07) is 4.84. The lowest BCUT2D eigenvalue weighted by Crippen LogP contribution is -2.31. The van der Waals surface area contributed by atoms with Crippen molar-refractivity contribution >= 4 is 17.7 Å². The van der Waals surface area contributed by atoms with E-state index in [0.717, 1.165) is 23.9 Å². The molecule has 1 atom stereocenters. The van der Waals surface area contributed by atoms with E-state index in [0.29, 0.717) is 0 Å². The zero-order valence-electron chi connectivity index (χ0n) is 11.0. The first-order valence-electron chi connectivity index (χ1n) is 5.78. The summed E-state index contributed by atoms with van der Waals surface area (Å²) in [6.07, 6.45) is 0.388. The van der Waals surface area contributed by atoms with Crippen LogP contribution in [-0.4, -0.2) is 17.7 Å². The molecule has 1 amide bonds. The van der Waals surface area contributed by atoms with Gasteiger partial charge >= 0.3 is 6.18 Å². The molecule has 21 heavy (non-hydrogen) atoms. The Hall–Kier alpha value is -2.12. The first kappa shape index (κ1) is 16.9. The topological polar surface area (TPSA) is 52.9 Å². The summed E-state index contributed by atoms with van der Waals surface area (Å²) in [4.78, 5) is 11.9. The van der Waals surface area contributed by atoms with Crippen molar-refractivity contribution in [2.24, 2.45) is 0 Å². The van der Waals surface area contributed by atoms with Crippen LogP contribution in [0.5, 0.6) is 0 Å². The number of nitriles is 1. The van der Waals surface area contributed by atoms with Crippen molar-refractivity contribution in [3.63, 3.8) is 0 Å². The first-order chi connectivity index (χ1) is 9.79. The van der Waals surface area contributed by atoms with E-state index in [9.17, 15) is 18.0 Å². The van der Waals surface area contributed by atoms with Gasteiger partial charge in [-0.2, -0.15) is 18.4 Å². The number of benzene rings is 1. The minimum absolute atomic E-state index is 0.0604. The minimum Gasteiger partial charge on any atom is -0.344 e. The summed E-state index contributed by atoms with van der Waals surface area (Å²) in [5, 5.41) is 10.5. The Morgan fingerprint density at radius 2 is 2.19 bits per heavy atom. The van der Waals surface area contributed by atoms with E-state index in [-0.39, 0.29) is 17.3 Å². The van der Waals surface area contributed by atoms with Gasteiger partial charge in [-0.05, 0) is 25.1 Å². The number of thioether (sulfide) groups is 1. The number of rotatable bonds is 4. The Morgan fingerprint density at radius 3 is 2.71 bits per heavy atom. The van der Waals surface area contributed by atoms with Crippen molar-refractivity contribution in [3.8, 4) is 18.4 Å². The number of alkyl halides is 3. The average molecular weight is 312 g/mol.